The second-order valence-corrected chi connectivity index (χ2v) is 3.50. The van der Waals surface area contributed by atoms with E-state index in [2.05, 4.69) is 9.98 Å². The molecule has 0 aromatic carbocycles. The van der Waals surface area contributed by atoms with E-state index in [1.165, 1.54) is 0 Å². The predicted molar refractivity (Wildman–Crippen MR) is 46.4 cm³/mol. The third kappa shape index (κ3) is 1.38. The Morgan fingerprint density at radius 1 is 1.36 bits per heavy atom. The predicted octanol–water partition coefficient (Wildman–Crippen LogP) is -0.618. The van der Waals surface area contributed by atoms with Gasteiger partial charge < -0.3 is 14.9 Å². The summed E-state index contributed by atoms with van der Waals surface area (Å²) in [5, 5.41) is 17.3. The van der Waals surface area contributed by atoms with Gasteiger partial charge in [0.2, 0.25) is 12.5 Å². The van der Waals surface area contributed by atoms with E-state index in [-0.39, 0.29) is 10.1 Å². The van der Waals surface area contributed by atoms with Gasteiger partial charge in [-0.3, -0.25) is 0 Å². The van der Waals surface area contributed by atoms with Crippen molar-refractivity contribution in [1.29, 1.82) is 0 Å². The molecule has 2 unspecified atom stereocenters. The minimum absolute atomic E-state index is 0.127. The summed E-state index contributed by atoms with van der Waals surface area (Å²) in [6.45, 7) is 0. The van der Waals surface area contributed by atoms with Gasteiger partial charge in [-0.25, -0.2) is 19.6 Å². The molecule has 0 saturated carbocycles. The fourth-order valence-electron chi connectivity index (χ4n) is 0.997. The van der Waals surface area contributed by atoms with Crippen molar-refractivity contribution >= 4 is 33.8 Å². The van der Waals surface area contributed by atoms with Crippen molar-refractivity contribution in [3.63, 3.8) is 0 Å². The monoisotopic (exact) mass is 216 g/mol. The third-order valence-electron chi connectivity index (χ3n) is 1.54. The highest BCUT2D eigenvalue weighted by atomic mass is 32.2. The van der Waals surface area contributed by atoms with Crippen LogP contribution in [0.4, 0.5) is 0 Å². The molecule has 2 N–H and O–H groups in total. The summed E-state index contributed by atoms with van der Waals surface area (Å²) in [4.78, 5) is 28.2. The summed E-state index contributed by atoms with van der Waals surface area (Å²) in [7, 11) is 0. The van der Waals surface area contributed by atoms with Gasteiger partial charge in [0, 0.05) is 0 Å². The normalized spacial score (nSPS) is 29.4. The van der Waals surface area contributed by atoms with Crippen LogP contribution in [-0.2, 0) is 14.3 Å². The fraction of sp³-hybridized carbons (Fsp3) is 0.333. The number of hydrogen-bond donors (Lipinski definition) is 2. The van der Waals surface area contributed by atoms with Crippen molar-refractivity contribution in [3.8, 4) is 0 Å². The number of thioether (sulfide) groups is 1. The summed E-state index contributed by atoms with van der Waals surface area (Å²) < 4.78 is 4.85. The average Bonchev–Trinajstić information content (AvgIpc) is 2.57. The van der Waals surface area contributed by atoms with Crippen LogP contribution in [-0.4, -0.2) is 44.7 Å². The first-order chi connectivity index (χ1) is 6.58. The molecule has 0 fully saturated rings. The van der Waals surface area contributed by atoms with Crippen molar-refractivity contribution in [3.05, 3.63) is 0 Å². The molecule has 0 bridgehead atoms. The molecule has 0 radical (unpaired) electrons. The molecule has 14 heavy (non-hydrogen) atoms. The van der Waals surface area contributed by atoms with E-state index in [1.54, 1.807) is 0 Å². The number of fused-ring (bicyclic) bond motifs is 1. The van der Waals surface area contributed by atoms with Crippen LogP contribution >= 0.6 is 11.8 Å². The van der Waals surface area contributed by atoms with Crippen molar-refractivity contribution in [2.24, 2.45) is 9.98 Å². The Kier molecular flexibility index (Phi) is 2.01. The minimum Gasteiger partial charge on any atom is -0.478 e. The summed E-state index contributed by atoms with van der Waals surface area (Å²) in [5.41, 5.74) is 0. The summed E-state index contributed by atoms with van der Waals surface area (Å²) in [5.74, 6) is -2.37. The lowest BCUT2D eigenvalue weighted by Crippen LogP contribution is -2.20. The molecular formula is C6H4N2O5S. The quantitative estimate of drug-likeness (QED) is 0.636. The van der Waals surface area contributed by atoms with Crippen LogP contribution in [0.3, 0.4) is 0 Å². The highest BCUT2D eigenvalue weighted by Crippen LogP contribution is 2.29. The van der Waals surface area contributed by atoms with Crippen LogP contribution in [0.25, 0.3) is 0 Å². The van der Waals surface area contributed by atoms with Gasteiger partial charge in [-0.05, 0) is 11.8 Å². The molecule has 2 aliphatic heterocycles. The Hall–Kier alpha value is -1.41. The van der Waals surface area contributed by atoms with Crippen molar-refractivity contribution in [1.82, 2.24) is 0 Å². The maximum atomic E-state index is 10.5. The molecule has 0 aliphatic carbocycles. The molecule has 0 saturated heterocycles. The lowest BCUT2D eigenvalue weighted by molar-refractivity contribution is -0.149. The standard InChI is InChI=1S/C6H4N2O5S/c9-5(10)2-8-3-1(13-2)7-4(14-3)6(11)12/h1-2H,(H,9,10)(H,11,12). The largest absolute Gasteiger partial charge is 0.478 e. The van der Waals surface area contributed by atoms with Crippen molar-refractivity contribution in [2.45, 2.75) is 12.5 Å². The zero-order chi connectivity index (χ0) is 10.3. The molecule has 2 atom stereocenters. The Labute approximate surface area is 81.5 Å². The highest BCUT2D eigenvalue weighted by Gasteiger charge is 2.39. The first kappa shape index (κ1) is 9.16. The van der Waals surface area contributed by atoms with E-state index >= 15 is 0 Å². The molecule has 0 aromatic rings. The number of rotatable bonds is 2. The van der Waals surface area contributed by atoms with E-state index in [0.29, 0.717) is 0 Å². The fourth-order valence-corrected chi connectivity index (χ4v) is 1.79. The van der Waals surface area contributed by atoms with E-state index in [1.807, 2.05) is 0 Å². The number of carboxylic acids is 2. The molecule has 0 aromatic heterocycles. The maximum Gasteiger partial charge on any atom is 0.361 e. The van der Waals surface area contributed by atoms with Gasteiger partial charge in [0.15, 0.2) is 5.04 Å². The van der Waals surface area contributed by atoms with Crippen LogP contribution in [0.15, 0.2) is 9.98 Å². The number of ether oxygens (including phenoxy) is 1. The zero-order valence-electron chi connectivity index (χ0n) is 6.58. The molecule has 2 aliphatic rings. The zero-order valence-corrected chi connectivity index (χ0v) is 7.39. The maximum absolute atomic E-state index is 10.5. The minimum atomic E-state index is -1.26. The number of carbonyl (C=O) groups is 2. The van der Waals surface area contributed by atoms with E-state index in [4.69, 9.17) is 14.9 Å². The second-order valence-electron chi connectivity index (χ2n) is 2.49. The lowest BCUT2D eigenvalue weighted by Gasteiger charge is -2.02. The molecule has 8 heteroatoms. The highest BCUT2D eigenvalue weighted by molar-refractivity contribution is 8.28. The van der Waals surface area contributed by atoms with Crippen molar-refractivity contribution in [2.75, 3.05) is 0 Å². The van der Waals surface area contributed by atoms with Gasteiger partial charge in [0.05, 0.1) is 0 Å². The summed E-state index contributed by atoms with van der Waals surface area (Å²) in [6.07, 6.45) is -2.12. The van der Waals surface area contributed by atoms with E-state index in [9.17, 15) is 9.59 Å². The van der Waals surface area contributed by atoms with Crippen LogP contribution in [0.5, 0.6) is 0 Å². The SMILES string of the molecule is O=C(O)C1=NC2OC(C(=O)O)N=C2S1. The van der Waals surface area contributed by atoms with Gasteiger partial charge >= 0.3 is 11.9 Å². The molecule has 2 rings (SSSR count). The molecule has 74 valence electrons. The Morgan fingerprint density at radius 3 is 2.57 bits per heavy atom. The molecule has 7 nitrogen and oxygen atoms in total. The van der Waals surface area contributed by atoms with Gasteiger partial charge in [-0.1, -0.05) is 0 Å². The topological polar surface area (TPSA) is 109 Å². The Balaban J connectivity index is 2.14. The Morgan fingerprint density at radius 2 is 2.07 bits per heavy atom. The molecule has 0 spiro atoms. The van der Waals surface area contributed by atoms with Crippen LogP contribution < -0.4 is 0 Å². The number of aliphatic carboxylic acids is 2. The Bertz CT molecular complexity index is 376. The third-order valence-corrected chi connectivity index (χ3v) is 2.53. The molecule has 0 amide bonds. The number of carboxylic acid groups (broad SMARTS) is 2. The number of nitrogens with zero attached hydrogens (tertiary/aromatic N) is 2. The second kappa shape index (κ2) is 3.07. The summed E-state index contributed by atoms with van der Waals surface area (Å²) in [6, 6.07) is 0. The number of hydrogen-bond acceptors (Lipinski definition) is 6. The van der Waals surface area contributed by atoms with Gasteiger partial charge in [0.1, 0.15) is 5.04 Å². The smallest absolute Gasteiger partial charge is 0.361 e. The van der Waals surface area contributed by atoms with Crippen LogP contribution in [0.1, 0.15) is 0 Å². The summed E-state index contributed by atoms with van der Waals surface area (Å²) >= 11 is 0.823. The van der Waals surface area contributed by atoms with Crippen LogP contribution in [0.2, 0.25) is 0 Å². The van der Waals surface area contributed by atoms with E-state index in [0.717, 1.165) is 11.8 Å². The van der Waals surface area contributed by atoms with Gasteiger partial charge in [-0.2, -0.15) is 0 Å². The van der Waals surface area contributed by atoms with Gasteiger partial charge in [-0.15, -0.1) is 0 Å². The number of aliphatic imine (C=N–C) groups is 2. The first-order valence-electron chi connectivity index (χ1n) is 3.53. The van der Waals surface area contributed by atoms with Crippen LogP contribution in [0, 0.1) is 0 Å². The van der Waals surface area contributed by atoms with Gasteiger partial charge in [0.25, 0.3) is 0 Å². The van der Waals surface area contributed by atoms with Crippen molar-refractivity contribution < 1.29 is 24.5 Å². The average molecular weight is 216 g/mol. The molecular weight excluding hydrogens is 212 g/mol. The first-order valence-corrected chi connectivity index (χ1v) is 4.34. The lowest BCUT2D eigenvalue weighted by atomic mass is 10.6. The molecule has 2 heterocycles. The van der Waals surface area contributed by atoms with E-state index < -0.39 is 24.4 Å².